The van der Waals surface area contributed by atoms with Crippen LogP contribution in [-0.2, 0) is 12.8 Å². The van der Waals surface area contributed by atoms with Crippen LogP contribution in [-0.4, -0.2) is 23.8 Å². The van der Waals surface area contributed by atoms with Crippen LogP contribution in [0, 0.1) is 0 Å². The summed E-state index contributed by atoms with van der Waals surface area (Å²) in [6.45, 7) is 3.12. The number of nitrogens with one attached hydrogen (secondary N) is 1. The van der Waals surface area contributed by atoms with Gasteiger partial charge < -0.3 is 15.5 Å². The number of unbranched alkanes of at least 4 members (excludes halogenated alkanes) is 1. The van der Waals surface area contributed by atoms with Gasteiger partial charge in [-0.1, -0.05) is 37.6 Å². The number of phenols is 2. The van der Waals surface area contributed by atoms with E-state index >= 15 is 0 Å². The fourth-order valence-electron chi connectivity index (χ4n) is 3.78. The summed E-state index contributed by atoms with van der Waals surface area (Å²) in [4.78, 5) is 0. The zero-order chi connectivity index (χ0) is 16.4. The molecule has 122 valence electrons. The molecule has 1 unspecified atom stereocenters. The van der Waals surface area contributed by atoms with Crippen molar-refractivity contribution in [3.8, 4) is 22.6 Å². The summed E-state index contributed by atoms with van der Waals surface area (Å²) in [5.41, 5.74) is 5.71. The molecule has 0 bridgehead atoms. The lowest BCUT2D eigenvalue weighted by atomic mass is 9.75. The number of benzene rings is 2. The topological polar surface area (TPSA) is 52.5 Å². The Morgan fingerprint density at radius 2 is 2.00 bits per heavy atom. The fraction of sp³-hybridized carbons (Fsp3) is 0.400. The fourth-order valence-corrected chi connectivity index (χ4v) is 3.78. The maximum Gasteiger partial charge on any atom is 0.165 e. The molecule has 0 amide bonds. The molecule has 3 nitrogen and oxygen atoms in total. The molecule has 0 heterocycles. The molecule has 0 fully saturated rings. The largest absolute Gasteiger partial charge is 0.504 e. The van der Waals surface area contributed by atoms with Crippen molar-refractivity contribution in [2.24, 2.45) is 0 Å². The Labute approximate surface area is 138 Å². The number of fused-ring (bicyclic) bond motifs is 3. The first-order valence-electron chi connectivity index (χ1n) is 8.47. The van der Waals surface area contributed by atoms with Crippen LogP contribution in [0.5, 0.6) is 11.5 Å². The second-order valence-electron chi connectivity index (χ2n) is 6.41. The Morgan fingerprint density at radius 3 is 2.74 bits per heavy atom. The van der Waals surface area contributed by atoms with Gasteiger partial charge in [0.25, 0.3) is 0 Å². The van der Waals surface area contributed by atoms with Crippen molar-refractivity contribution in [1.82, 2.24) is 5.32 Å². The maximum atomic E-state index is 10.4. The molecule has 3 heteroatoms. The van der Waals surface area contributed by atoms with Crippen molar-refractivity contribution in [3.63, 3.8) is 0 Å². The van der Waals surface area contributed by atoms with E-state index in [4.69, 9.17) is 0 Å². The van der Waals surface area contributed by atoms with E-state index in [1.54, 1.807) is 6.07 Å². The van der Waals surface area contributed by atoms with Gasteiger partial charge in [-0.2, -0.15) is 0 Å². The van der Waals surface area contributed by atoms with Crippen LogP contribution in [0.15, 0.2) is 30.3 Å². The minimum Gasteiger partial charge on any atom is -0.504 e. The van der Waals surface area contributed by atoms with Crippen LogP contribution in [0.25, 0.3) is 11.1 Å². The monoisotopic (exact) mass is 311 g/mol. The Kier molecular flexibility index (Phi) is 4.58. The van der Waals surface area contributed by atoms with E-state index in [1.807, 2.05) is 13.1 Å². The first-order chi connectivity index (χ1) is 11.2. The van der Waals surface area contributed by atoms with E-state index in [1.165, 1.54) is 24.0 Å². The lowest BCUT2D eigenvalue weighted by molar-refractivity contribution is 0.404. The Morgan fingerprint density at radius 1 is 1.17 bits per heavy atom. The zero-order valence-corrected chi connectivity index (χ0v) is 13.9. The number of phenolic OH excluding ortho intramolecular Hbond substituents is 2. The molecule has 1 atom stereocenters. The second kappa shape index (κ2) is 6.63. The highest BCUT2D eigenvalue weighted by atomic mass is 16.3. The van der Waals surface area contributed by atoms with E-state index in [0.29, 0.717) is 5.92 Å². The highest BCUT2D eigenvalue weighted by Crippen LogP contribution is 2.48. The normalized spacial score (nSPS) is 16.0. The average molecular weight is 311 g/mol. The summed E-state index contributed by atoms with van der Waals surface area (Å²) in [6.07, 6.45) is 4.29. The molecule has 2 aromatic carbocycles. The molecule has 1 aliphatic carbocycles. The number of hydrogen-bond acceptors (Lipinski definition) is 3. The van der Waals surface area contributed by atoms with E-state index < -0.39 is 0 Å². The predicted octanol–water partition coefficient (Wildman–Crippen LogP) is 3.97. The number of likely N-dealkylation sites (N-methyl/N-ethyl adjacent to an activating group) is 1. The van der Waals surface area contributed by atoms with Crippen LogP contribution in [0.4, 0.5) is 0 Å². The van der Waals surface area contributed by atoms with Gasteiger partial charge in [-0.05, 0) is 54.6 Å². The standard InChI is InChI=1S/C20H25NO2/c1-3-4-6-13-7-5-8-16-18(13)15(12-21-2)11-14-9-10-17(22)20(23)19(14)16/h5,7-10,15,21-23H,3-4,6,11-12H2,1-2H3. The molecule has 0 saturated carbocycles. The average Bonchev–Trinajstić information content (AvgIpc) is 2.56. The van der Waals surface area contributed by atoms with E-state index in [9.17, 15) is 10.2 Å². The molecule has 23 heavy (non-hydrogen) atoms. The van der Waals surface area contributed by atoms with Gasteiger partial charge in [0.05, 0.1) is 0 Å². The molecule has 0 radical (unpaired) electrons. The molecule has 0 aromatic heterocycles. The van der Waals surface area contributed by atoms with Crippen LogP contribution in [0.3, 0.4) is 0 Å². The third kappa shape index (κ3) is 2.81. The summed E-state index contributed by atoms with van der Waals surface area (Å²) >= 11 is 0. The van der Waals surface area contributed by atoms with Gasteiger partial charge in [-0.15, -0.1) is 0 Å². The van der Waals surface area contributed by atoms with Gasteiger partial charge in [0, 0.05) is 18.0 Å². The van der Waals surface area contributed by atoms with E-state index in [0.717, 1.165) is 36.1 Å². The van der Waals surface area contributed by atoms with Crippen molar-refractivity contribution in [1.29, 1.82) is 0 Å². The molecule has 1 aliphatic rings. The van der Waals surface area contributed by atoms with Gasteiger partial charge in [0.2, 0.25) is 0 Å². The quantitative estimate of drug-likeness (QED) is 0.732. The van der Waals surface area contributed by atoms with E-state index in [-0.39, 0.29) is 11.5 Å². The Hall–Kier alpha value is -2.00. The number of hydrogen-bond donors (Lipinski definition) is 3. The molecular formula is C20H25NO2. The first kappa shape index (κ1) is 15.9. The predicted molar refractivity (Wildman–Crippen MR) is 94.2 cm³/mol. The maximum absolute atomic E-state index is 10.4. The van der Waals surface area contributed by atoms with Crippen molar-refractivity contribution in [2.75, 3.05) is 13.6 Å². The molecule has 3 N–H and O–H groups in total. The summed E-state index contributed by atoms with van der Waals surface area (Å²) in [5.74, 6) is 0.375. The van der Waals surface area contributed by atoms with Crippen LogP contribution < -0.4 is 5.32 Å². The lowest BCUT2D eigenvalue weighted by Crippen LogP contribution is -2.23. The van der Waals surface area contributed by atoms with Gasteiger partial charge in [0.1, 0.15) is 0 Å². The van der Waals surface area contributed by atoms with Gasteiger partial charge in [-0.25, -0.2) is 0 Å². The molecular weight excluding hydrogens is 286 g/mol. The summed E-state index contributed by atoms with van der Waals surface area (Å²) in [5, 5.41) is 23.6. The van der Waals surface area contributed by atoms with Gasteiger partial charge >= 0.3 is 0 Å². The second-order valence-corrected chi connectivity index (χ2v) is 6.41. The molecule has 0 saturated heterocycles. The van der Waals surface area contributed by atoms with E-state index in [2.05, 4.69) is 30.4 Å². The highest BCUT2D eigenvalue weighted by Gasteiger charge is 2.29. The SMILES string of the molecule is CCCCc1cccc2c1C(CNC)Cc1ccc(O)c(O)c1-2. The third-order valence-corrected chi connectivity index (χ3v) is 4.83. The highest BCUT2D eigenvalue weighted by molar-refractivity contribution is 5.82. The summed E-state index contributed by atoms with van der Waals surface area (Å²) in [6, 6.07) is 9.89. The smallest absolute Gasteiger partial charge is 0.165 e. The van der Waals surface area contributed by atoms with Crippen LogP contribution in [0.1, 0.15) is 42.4 Å². The third-order valence-electron chi connectivity index (χ3n) is 4.83. The molecule has 0 aliphatic heterocycles. The number of aromatic hydroxyl groups is 2. The summed E-state index contributed by atoms with van der Waals surface area (Å²) < 4.78 is 0. The van der Waals surface area contributed by atoms with Crippen molar-refractivity contribution < 1.29 is 10.2 Å². The lowest BCUT2D eigenvalue weighted by Gasteiger charge is -2.30. The molecule has 0 spiro atoms. The van der Waals surface area contributed by atoms with Crippen molar-refractivity contribution in [2.45, 2.75) is 38.5 Å². The molecule has 3 rings (SSSR count). The first-order valence-corrected chi connectivity index (χ1v) is 8.47. The van der Waals surface area contributed by atoms with Gasteiger partial charge in [0.15, 0.2) is 11.5 Å². The zero-order valence-electron chi connectivity index (χ0n) is 13.9. The minimum absolute atomic E-state index is 0.0132. The van der Waals surface area contributed by atoms with Crippen molar-refractivity contribution >= 4 is 0 Å². The Balaban J connectivity index is 2.19. The van der Waals surface area contributed by atoms with Crippen molar-refractivity contribution in [3.05, 3.63) is 47.0 Å². The Bertz CT molecular complexity index is 709. The minimum atomic E-state index is -0.0410. The summed E-state index contributed by atoms with van der Waals surface area (Å²) in [7, 11) is 1.98. The number of aryl methyl sites for hydroxylation is 1. The van der Waals surface area contributed by atoms with Gasteiger partial charge in [-0.3, -0.25) is 0 Å². The van der Waals surface area contributed by atoms with Crippen LogP contribution >= 0.6 is 0 Å². The number of rotatable bonds is 5. The van der Waals surface area contributed by atoms with Crippen LogP contribution in [0.2, 0.25) is 0 Å². The molecule has 2 aromatic rings.